The fraction of sp³-hybridized carbons (Fsp3) is 0.479. The highest BCUT2D eigenvalue weighted by atomic mass is 32.2. The van der Waals surface area contributed by atoms with Gasteiger partial charge >= 0.3 is 6.03 Å². The van der Waals surface area contributed by atoms with Crippen LogP contribution < -0.4 is 26.6 Å². The third kappa shape index (κ3) is 14.0. The Hall–Kier alpha value is -5.53. The Morgan fingerprint density at radius 3 is 2.24 bits per heavy atom. The molecule has 1 aromatic heterocycles. The number of nitrogens with one attached hydrogen (secondary N) is 5. The molecule has 0 radical (unpaired) electrons. The minimum atomic E-state index is -0.907. The first-order chi connectivity index (χ1) is 32.2. The lowest BCUT2D eigenvalue weighted by Gasteiger charge is -2.32. The summed E-state index contributed by atoms with van der Waals surface area (Å²) in [5, 5.41) is 15.7. The second-order valence-corrected chi connectivity index (χ2v) is 17.7. The zero-order valence-corrected chi connectivity index (χ0v) is 38.3. The zero-order valence-electron chi connectivity index (χ0n) is 37.4. The van der Waals surface area contributed by atoms with Crippen LogP contribution in [0.4, 0.5) is 20.7 Å². The van der Waals surface area contributed by atoms with E-state index in [0.29, 0.717) is 94.6 Å². The number of ether oxygens (including phenoxy) is 4. The number of halogens is 1. The number of carbonyl (C=O) groups is 4. The van der Waals surface area contributed by atoms with Gasteiger partial charge in [-0.2, -0.15) is 11.8 Å². The van der Waals surface area contributed by atoms with E-state index in [9.17, 15) is 23.6 Å². The number of rotatable bonds is 26. The highest BCUT2D eigenvalue weighted by Gasteiger charge is 2.42. The van der Waals surface area contributed by atoms with E-state index in [2.05, 4.69) is 31.2 Å². The second-order valence-electron chi connectivity index (χ2n) is 16.5. The van der Waals surface area contributed by atoms with Crippen molar-refractivity contribution in [1.29, 1.82) is 0 Å². The number of fused-ring (bicyclic) bond motifs is 2. The molecule has 3 unspecified atom stereocenters. The molecule has 4 atom stereocenters. The third-order valence-corrected chi connectivity index (χ3v) is 13.1. The summed E-state index contributed by atoms with van der Waals surface area (Å²) >= 11 is 1.89. The Labute approximate surface area is 389 Å². The summed E-state index contributed by atoms with van der Waals surface area (Å²) in [6.07, 6.45) is 3.29. The number of amides is 5. The van der Waals surface area contributed by atoms with Gasteiger partial charge in [0, 0.05) is 54.7 Å². The first kappa shape index (κ1) is 48.4. The molecular formula is C48H61FN8O8S. The smallest absolute Gasteiger partial charge is 0.315 e. The van der Waals surface area contributed by atoms with Crippen molar-refractivity contribution in [3.8, 4) is 11.3 Å². The molecule has 2 fully saturated rings. The molecule has 18 heteroatoms. The number of unbranched alkanes of at least 4 members (excludes halogenated alkanes) is 1. The molecular weight excluding hydrogens is 868 g/mol. The number of benzene rings is 3. The van der Waals surface area contributed by atoms with Gasteiger partial charge in [-0.3, -0.25) is 14.4 Å². The van der Waals surface area contributed by atoms with E-state index in [0.717, 1.165) is 47.6 Å². The predicted molar refractivity (Wildman–Crippen MR) is 250 cm³/mol. The van der Waals surface area contributed by atoms with E-state index >= 15 is 0 Å². The molecule has 7 rings (SSSR count). The summed E-state index contributed by atoms with van der Waals surface area (Å²) in [5.41, 5.74) is 4.08. The van der Waals surface area contributed by atoms with Crippen molar-refractivity contribution in [2.45, 2.75) is 75.5 Å². The van der Waals surface area contributed by atoms with Crippen LogP contribution in [0.25, 0.3) is 11.3 Å². The van der Waals surface area contributed by atoms with Crippen molar-refractivity contribution >= 4 is 47.0 Å². The lowest BCUT2D eigenvalue weighted by atomic mass is 10.0. The van der Waals surface area contributed by atoms with E-state index in [1.165, 1.54) is 12.1 Å². The standard InChI is InChI=1S/C48H61FN8O8S/c1-33-11-17-37(18-12-33)51-46-43(35-13-15-36(49)16-14-35)53-40-31-56(21-22-57(40)46)47(60)44(34-7-3-2-4-8-34)54-42(59)19-23-62-25-27-64-29-30-65-28-26-63-24-20-50-41(58)10-6-5-9-39-45-38(32-66-39)52-48(61)55-45/h2-4,7-8,11-18,38-39,44-45,51H,5-6,9-10,19-32H2,1H3,(H,50,58)(H,54,59)(H2,52,55,61)/t38?,39?,44-,45?/m0/s1. The number of anilines is 2. The highest BCUT2D eigenvalue weighted by molar-refractivity contribution is 8.00. The summed E-state index contributed by atoms with van der Waals surface area (Å²) in [5.74, 6) is 1.48. The average Bonchev–Trinajstić information content (AvgIpc) is 4.01. The number of aromatic nitrogens is 2. The van der Waals surface area contributed by atoms with Crippen LogP contribution in [0.2, 0.25) is 0 Å². The Bertz CT molecular complexity index is 2200. The number of imidazole rings is 1. The number of aryl methyl sites for hydroxylation is 1. The number of urea groups is 1. The summed E-state index contributed by atoms with van der Waals surface area (Å²) in [4.78, 5) is 57.8. The molecule has 16 nitrogen and oxygen atoms in total. The lowest BCUT2D eigenvalue weighted by molar-refractivity contribution is -0.138. The molecule has 4 aromatic rings. The molecule has 0 saturated carbocycles. The second kappa shape index (κ2) is 24.8. The molecule has 66 heavy (non-hydrogen) atoms. The van der Waals surface area contributed by atoms with E-state index in [-0.39, 0.29) is 61.2 Å². The number of thioether (sulfide) groups is 1. The Kier molecular flexibility index (Phi) is 18.2. The van der Waals surface area contributed by atoms with E-state index < -0.39 is 6.04 Å². The predicted octanol–water partition coefficient (Wildman–Crippen LogP) is 5.24. The normalized spacial score (nSPS) is 17.9. The van der Waals surface area contributed by atoms with Crippen molar-refractivity contribution in [3.63, 3.8) is 0 Å². The van der Waals surface area contributed by atoms with Gasteiger partial charge in [0.2, 0.25) is 17.7 Å². The van der Waals surface area contributed by atoms with Gasteiger partial charge in [-0.05, 0) is 61.7 Å². The Morgan fingerprint density at radius 2 is 1.52 bits per heavy atom. The van der Waals surface area contributed by atoms with Gasteiger partial charge in [0.1, 0.15) is 29.2 Å². The fourth-order valence-electron chi connectivity index (χ4n) is 8.13. The molecule has 0 spiro atoms. The minimum Gasteiger partial charge on any atom is -0.379 e. The maximum absolute atomic E-state index is 14.2. The topological polar surface area (TPSA) is 186 Å². The molecule has 5 amide bonds. The molecule has 3 aliphatic rings. The number of hydrogen-bond donors (Lipinski definition) is 5. The first-order valence-corrected chi connectivity index (χ1v) is 23.8. The molecule has 3 aliphatic heterocycles. The van der Waals surface area contributed by atoms with Gasteiger partial charge in [-0.1, -0.05) is 54.4 Å². The monoisotopic (exact) mass is 928 g/mol. The van der Waals surface area contributed by atoms with Crippen LogP contribution in [-0.4, -0.2) is 127 Å². The fourth-order valence-corrected chi connectivity index (χ4v) is 9.67. The van der Waals surface area contributed by atoms with Crippen LogP contribution >= 0.6 is 11.8 Å². The van der Waals surface area contributed by atoms with Gasteiger partial charge in [0.15, 0.2) is 0 Å². The zero-order chi connectivity index (χ0) is 46.1. The summed E-state index contributed by atoms with van der Waals surface area (Å²) in [6, 6.07) is 22.8. The van der Waals surface area contributed by atoms with Crippen LogP contribution in [0.1, 0.15) is 55.1 Å². The van der Waals surface area contributed by atoms with E-state index in [1.807, 2.05) is 73.3 Å². The molecule has 4 heterocycles. The number of nitrogens with zero attached hydrogens (tertiary/aromatic N) is 3. The maximum Gasteiger partial charge on any atom is 0.315 e. The molecule has 0 aliphatic carbocycles. The van der Waals surface area contributed by atoms with Crippen LogP contribution in [0, 0.1) is 12.7 Å². The van der Waals surface area contributed by atoms with Crippen LogP contribution in [0.15, 0.2) is 78.9 Å². The summed E-state index contributed by atoms with van der Waals surface area (Å²) in [6.45, 7) is 6.30. The lowest BCUT2D eigenvalue weighted by Crippen LogP contribution is -2.46. The van der Waals surface area contributed by atoms with E-state index in [1.54, 1.807) is 17.0 Å². The van der Waals surface area contributed by atoms with Crippen molar-refractivity contribution in [1.82, 2.24) is 35.7 Å². The molecule has 5 N–H and O–H groups in total. The number of hydrogen-bond acceptors (Lipinski definition) is 11. The average molecular weight is 929 g/mol. The quantitative estimate of drug-likeness (QED) is 0.0410. The Balaban J connectivity index is 0.748. The van der Waals surface area contributed by atoms with Crippen molar-refractivity contribution < 1.29 is 42.5 Å². The largest absolute Gasteiger partial charge is 0.379 e. The van der Waals surface area contributed by atoms with Crippen molar-refractivity contribution in [3.05, 3.63) is 102 Å². The number of carbonyl (C=O) groups excluding carboxylic acids is 4. The molecule has 3 aromatic carbocycles. The van der Waals surface area contributed by atoms with Crippen molar-refractivity contribution in [2.75, 3.05) is 77.0 Å². The maximum atomic E-state index is 14.2. The van der Waals surface area contributed by atoms with Crippen molar-refractivity contribution in [2.24, 2.45) is 0 Å². The van der Waals surface area contributed by atoms with Gasteiger partial charge in [-0.25, -0.2) is 14.2 Å². The van der Waals surface area contributed by atoms with Gasteiger partial charge in [-0.15, -0.1) is 0 Å². The van der Waals surface area contributed by atoms with Crippen LogP contribution in [-0.2, 0) is 46.4 Å². The molecule has 354 valence electrons. The third-order valence-electron chi connectivity index (χ3n) is 11.6. The first-order valence-electron chi connectivity index (χ1n) is 22.8. The SMILES string of the molecule is Cc1ccc(Nc2c(-c3ccc(F)cc3)nc3n2CCN(C(=O)[C@@H](NC(=O)CCOCCOCCOCCOCCNC(=O)CCCCC2SCC4NC(=O)NC42)c2ccccc2)C3)cc1. The van der Waals surface area contributed by atoms with Crippen LogP contribution in [0.5, 0.6) is 0 Å². The van der Waals surface area contributed by atoms with Gasteiger partial charge in [0.05, 0.1) is 71.5 Å². The highest BCUT2D eigenvalue weighted by Crippen LogP contribution is 2.35. The van der Waals surface area contributed by atoms with Crippen LogP contribution in [0.3, 0.4) is 0 Å². The minimum absolute atomic E-state index is 0.0154. The summed E-state index contributed by atoms with van der Waals surface area (Å²) in [7, 11) is 0. The molecule has 0 bridgehead atoms. The Morgan fingerprint density at radius 1 is 0.818 bits per heavy atom. The molecule has 2 saturated heterocycles. The van der Waals surface area contributed by atoms with E-state index in [4.69, 9.17) is 23.9 Å². The van der Waals surface area contributed by atoms with Gasteiger partial charge < -0.3 is 55.0 Å². The van der Waals surface area contributed by atoms with Gasteiger partial charge in [0.25, 0.3) is 0 Å². The summed E-state index contributed by atoms with van der Waals surface area (Å²) < 4.78 is 38.3.